The first-order chi connectivity index (χ1) is 16.9. The summed E-state index contributed by atoms with van der Waals surface area (Å²) in [5.74, 6) is 0.865. The number of nitriles is 1. The number of amidine groups is 1. The molecule has 7 nitrogen and oxygen atoms in total. The Bertz CT molecular complexity index is 1330. The summed E-state index contributed by atoms with van der Waals surface area (Å²) in [4.78, 5) is 8.74. The van der Waals surface area contributed by atoms with Crippen LogP contribution >= 0.6 is 0 Å². The monoisotopic (exact) mass is 467 g/mol. The number of fused-ring (bicyclic) bond motifs is 1. The second kappa shape index (κ2) is 12.2. The third-order valence-corrected chi connectivity index (χ3v) is 5.70. The lowest BCUT2D eigenvalue weighted by molar-refractivity contribution is 0.904. The highest BCUT2D eigenvalue weighted by atomic mass is 15.1. The third-order valence-electron chi connectivity index (χ3n) is 5.70. The van der Waals surface area contributed by atoms with Crippen LogP contribution in [0.4, 0.5) is 11.4 Å². The first-order valence-corrected chi connectivity index (χ1v) is 11.5. The first-order valence-electron chi connectivity index (χ1n) is 11.5. The van der Waals surface area contributed by atoms with Crippen molar-refractivity contribution >= 4 is 28.0 Å². The van der Waals surface area contributed by atoms with Gasteiger partial charge in [-0.05, 0) is 73.2 Å². The van der Waals surface area contributed by atoms with Crippen molar-refractivity contribution in [2.24, 2.45) is 12.0 Å². The van der Waals surface area contributed by atoms with Crippen LogP contribution in [0.1, 0.15) is 29.2 Å². The zero-order valence-corrected chi connectivity index (χ0v) is 21.1. The van der Waals surface area contributed by atoms with Gasteiger partial charge in [0.2, 0.25) is 0 Å². The lowest BCUT2D eigenvalue weighted by Gasteiger charge is -2.11. The smallest absolute Gasteiger partial charge is 0.109 e. The lowest BCUT2D eigenvalue weighted by Crippen LogP contribution is -2.21. The lowest BCUT2D eigenvalue weighted by atomic mass is 10.0. The van der Waals surface area contributed by atoms with Crippen molar-refractivity contribution in [3.63, 3.8) is 0 Å². The van der Waals surface area contributed by atoms with Gasteiger partial charge in [-0.1, -0.05) is 12.1 Å². The molecule has 0 spiro atoms. The highest BCUT2D eigenvalue weighted by Gasteiger charge is 2.04. The molecule has 180 valence electrons. The molecule has 2 aromatic heterocycles. The van der Waals surface area contributed by atoms with Crippen LogP contribution in [-0.2, 0) is 13.6 Å². The molecule has 7 heteroatoms. The number of hydrogen-bond donors (Lipinski definition) is 3. The zero-order chi connectivity index (χ0) is 25.2. The normalized spacial score (nSPS) is 10.8. The number of pyridine rings is 1. The molecule has 3 N–H and O–H groups in total. The van der Waals surface area contributed by atoms with Crippen molar-refractivity contribution in [2.45, 2.75) is 27.3 Å². The number of anilines is 2. The van der Waals surface area contributed by atoms with Crippen LogP contribution in [0.3, 0.4) is 0 Å². The minimum absolute atomic E-state index is 0.473. The summed E-state index contributed by atoms with van der Waals surface area (Å²) in [6, 6.07) is 15.8. The Morgan fingerprint density at radius 3 is 2.43 bits per heavy atom. The summed E-state index contributed by atoms with van der Waals surface area (Å²) in [6.07, 6.45) is 7.90. The average Bonchev–Trinajstić information content (AvgIpc) is 3.21. The van der Waals surface area contributed by atoms with Crippen LogP contribution in [0, 0.1) is 25.2 Å². The maximum Gasteiger partial charge on any atom is 0.109 e. The number of aryl methyl sites for hydroxylation is 3. The van der Waals surface area contributed by atoms with Crippen LogP contribution in [0.5, 0.6) is 0 Å². The van der Waals surface area contributed by atoms with E-state index in [0.717, 1.165) is 11.5 Å². The number of aliphatic imine (C=N–C) groups is 1. The molecule has 0 unspecified atom stereocenters. The van der Waals surface area contributed by atoms with Crippen LogP contribution < -0.4 is 16.0 Å². The Labute approximate surface area is 207 Å². The second-order valence-electron chi connectivity index (χ2n) is 8.35. The van der Waals surface area contributed by atoms with Gasteiger partial charge in [0.1, 0.15) is 6.67 Å². The zero-order valence-electron chi connectivity index (χ0n) is 21.1. The van der Waals surface area contributed by atoms with Gasteiger partial charge in [-0.2, -0.15) is 5.26 Å². The largest absolute Gasteiger partial charge is 0.387 e. The summed E-state index contributed by atoms with van der Waals surface area (Å²) in [5.41, 5.74) is 6.54. The fourth-order valence-corrected chi connectivity index (χ4v) is 3.72. The molecule has 0 saturated carbocycles. The fourth-order valence-electron chi connectivity index (χ4n) is 3.72. The molecule has 0 aliphatic rings. The Balaban J connectivity index is 0.000000320. The predicted molar refractivity (Wildman–Crippen MR) is 146 cm³/mol. The molecule has 0 amide bonds. The molecular weight excluding hydrogens is 434 g/mol. The molecule has 35 heavy (non-hydrogen) atoms. The molecule has 0 radical (unpaired) electrons. The summed E-state index contributed by atoms with van der Waals surface area (Å²) in [5, 5.41) is 20.9. The molecule has 0 fully saturated rings. The quantitative estimate of drug-likeness (QED) is 0.262. The van der Waals surface area contributed by atoms with E-state index in [0.29, 0.717) is 18.8 Å². The number of hydrogen-bond acceptors (Lipinski definition) is 5. The van der Waals surface area contributed by atoms with Crippen molar-refractivity contribution in [2.75, 3.05) is 24.3 Å². The first kappa shape index (κ1) is 25.3. The maximum absolute atomic E-state index is 8.81. The van der Waals surface area contributed by atoms with E-state index < -0.39 is 0 Å². The highest BCUT2D eigenvalue weighted by molar-refractivity contribution is 5.88. The summed E-state index contributed by atoms with van der Waals surface area (Å²) < 4.78 is 2.04. The molecule has 4 aromatic rings. The molecule has 0 bridgehead atoms. The molecule has 2 aromatic carbocycles. The van der Waals surface area contributed by atoms with Gasteiger partial charge in [-0.15, -0.1) is 0 Å². The van der Waals surface area contributed by atoms with Crippen molar-refractivity contribution in [3.8, 4) is 6.07 Å². The van der Waals surface area contributed by atoms with E-state index in [1.807, 2.05) is 50.1 Å². The van der Waals surface area contributed by atoms with Crippen LogP contribution in [0.2, 0.25) is 0 Å². The Kier molecular flexibility index (Phi) is 8.85. The van der Waals surface area contributed by atoms with Gasteiger partial charge >= 0.3 is 0 Å². The van der Waals surface area contributed by atoms with E-state index in [4.69, 9.17) is 5.26 Å². The highest BCUT2D eigenvalue weighted by Crippen LogP contribution is 2.21. The standard InChI is InChI=1S/C21H21N5.C7H12N2/c1-15-3-6-18(21-13-23-10-9-20(15)21)12-24-16(2)25-14-26-19-7-4-17(11-22)5-8-19;1-6-4-9(3)5-7(6)8-2/h3-10,13,26H,12,14H2,1-2H3,(H,24,25);4-5,8H,1-3H3. The van der Waals surface area contributed by atoms with E-state index >= 15 is 0 Å². The minimum atomic E-state index is 0.473. The van der Waals surface area contributed by atoms with Crippen molar-refractivity contribution in [3.05, 3.63) is 89.5 Å². The topological polar surface area (TPSA) is 90.1 Å². The van der Waals surface area contributed by atoms with Gasteiger partial charge < -0.3 is 20.5 Å². The number of benzene rings is 2. The Hall–Kier alpha value is -4.31. The molecule has 0 saturated heterocycles. The van der Waals surface area contributed by atoms with Crippen LogP contribution in [0.15, 0.2) is 72.2 Å². The minimum Gasteiger partial charge on any atom is -0.387 e. The third kappa shape index (κ3) is 7.08. The Morgan fingerprint density at radius 2 is 1.80 bits per heavy atom. The summed E-state index contributed by atoms with van der Waals surface area (Å²) in [6.45, 7) is 7.33. The van der Waals surface area contributed by atoms with Gasteiger partial charge in [-0.25, -0.2) is 0 Å². The molecule has 2 heterocycles. The van der Waals surface area contributed by atoms with Crippen LogP contribution in [-0.4, -0.2) is 29.1 Å². The number of aromatic nitrogens is 2. The Morgan fingerprint density at radius 1 is 1.03 bits per heavy atom. The van der Waals surface area contributed by atoms with E-state index in [2.05, 4.69) is 76.4 Å². The van der Waals surface area contributed by atoms with Gasteiger partial charge in [0, 0.05) is 56.5 Å². The van der Waals surface area contributed by atoms with E-state index in [-0.39, 0.29) is 0 Å². The molecular formula is C28H33N7. The van der Waals surface area contributed by atoms with E-state index in [9.17, 15) is 0 Å². The molecule has 0 aliphatic carbocycles. The number of rotatable bonds is 6. The number of nitrogens with one attached hydrogen (secondary N) is 3. The molecule has 0 atom stereocenters. The van der Waals surface area contributed by atoms with E-state index in [1.165, 1.54) is 33.2 Å². The molecule has 0 aliphatic heterocycles. The number of nitrogens with zero attached hydrogens (tertiary/aromatic N) is 4. The van der Waals surface area contributed by atoms with Gasteiger partial charge in [-0.3, -0.25) is 9.98 Å². The van der Waals surface area contributed by atoms with Crippen LogP contribution in [0.25, 0.3) is 10.8 Å². The van der Waals surface area contributed by atoms with Gasteiger partial charge in [0.05, 0.1) is 23.2 Å². The fraction of sp³-hybridized carbons (Fsp3) is 0.250. The predicted octanol–water partition coefficient (Wildman–Crippen LogP) is 5.37. The van der Waals surface area contributed by atoms with Crippen molar-refractivity contribution < 1.29 is 0 Å². The second-order valence-corrected chi connectivity index (χ2v) is 8.35. The van der Waals surface area contributed by atoms with Gasteiger partial charge in [0.15, 0.2) is 0 Å². The van der Waals surface area contributed by atoms with E-state index in [1.54, 1.807) is 12.1 Å². The molecule has 4 rings (SSSR count). The van der Waals surface area contributed by atoms with Gasteiger partial charge in [0.25, 0.3) is 0 Å². The average molecular weight is 468 g/mol. The van der Waals surface area contributed by atoms with Crippen molar-refractivity contribution in [1.29, 1.82) is 5.26 Å². The van der Waals surface area contributed by atoms with Crippen molar-refractivity contribution in [1.82, 2.24) is 14.9 Å². The maximum atomic E-state index is 8.81. The SMILES string of the molecule is C/C(=N\CNc1ccc(C#N)cc1)NCc1ccc(C)c2ccncc12.CNc1cn(C)cc1C. The summed E-state index contributed by atoms with van der Waals surface area (Å²) in [7, 11) is 3.95. The summed E-state index contributed by atoms with van der Waals surface area (Å²) >= 11 is 0.